The monoisotopic (exact) mass is 136 g/mol. The van der Waals surface area contributed by atoms with E-state index in [2.05, 4.69) is 0 Å². The highest BCUT2D eigenvalue weighted by Crippen LogP contribution is 2.15. The molecule has 10 heavy (non-hydrogen) atoms. The second-order valence-electron chi connectivity index (χ2n) is 1.82. The van der Waals surface area contributed by atoms with Gasteiger partial charge in [0.15, 0.2) is 0 Å². The molecule has 3 heteroatoms. The van der Waals surface area contributed by atoms with Crippen molar-refractivity contribution in [3.8, 4) is 11.5 Å². The minimum absolute atomic E-state index is 0.0274. The number of hydrogen-bond acceptors (Lipinski definition) is 3. The van der Waals surface area contributed by atoms with Gasteiger partial charge >= 0.3 is 0 Å². The van der Waals surface area contributed by atoms with Crippen LogP contribution >= 0.6 is 0 Å². The summed E-state index contributed by atoms with van der Waals surface area (Å²) in [6, 6.07) is 3.30. The van der Waals surface area contributed by atoms with Crippen LogP contribution in [0.25, 0.3) is 0 Å². The van der Waals surface area contributed by atoms with Gasteiger partial charge in [0.1, 0.15) is 6.29 Å². The van der Waals surface area contributed by atoms with Gasteiger partial charge in [0, 0.05) is 5.56 Å². The second-order valence-corrected chi connectivity index (χ2v) is 1.82. The topological polar surface area (TPSA) is 63.2 Å². The third-order valence-corrected chi connectivity index (χ3v) is 1.11. The molecule has 0 aromatic heterocycles. The van der Waals surface area contributed by atoms with Crippen LogP contribution in [0.3, 0.4) is 0 Å². The Labute approximate surface area is 57.5 Å². The van der Waals surface area contributed by atoms with Gasteiger partial charge in [0.05, 0.1) is 0 Å². The van der Waals surface area contributed by atoms with Crippen LogP contribution in [0.2, 0.25) is 0 Å². The fraction of sp³-hybridized carbons (Fsp3) is 0. The Hall–Kier alpha value is -1.51. The zero-order valence-electron chi connectivity index (χ0n) is 5.03. The van der Waals surface area contributed by atoms with E-state index in [1.165, 1.54) is 12.1 Å². The molecule has 0 fully saturated rings. The van der Waals surface area contributed by atoms with Crippen molar-refractivity contribution in [3.63, 3.8) is 0 Å². The molecular formula is C7H4O3-2. The van der Waals surface area contributed by atoms with Crippen LogP contribution < -0.4 is 10.2 Å². The summed E-state index contributed by atoms with van der Waals surface area (Å²) in [5.74, 6) is -0.877. The fourth-order valence-corrected chi connectivity index (χ4v) is 0.612. The molecule has 0 radical (unpaired) electrons. The van der Waals surface area contributed by atoms with Crippen molar-refractivity contribution in [2.75, 3.05) is 0 Å². The Bertz CT molecular complexity index is 255. The molecular weight excluding hydrogens is 132 g/mol. The molecule has 0 amide bonds. The maximum absolute atomic E-state index is 10.6. The quantitative estimate of drug-likeness (QED) is 0.495. The zero-order valence-corrected chi connectivity index (χ0v) is 5.03. The lowest BCUT2D eigenvalue weighted by Gasteiger charge is -2.12. The lowest BCUT2D eigenvalue weighted by molar-refractivity contribution is -0.280. The molecule has 0 saturated heterocycles. The number of rotatable bonds is 1. The predicted octanol–water partition coefficient (Wildman–Crippen LogP) is -0.354. The summed E-state index contributed by atoms with van der Waals surface area (Å²) in [5, 5.41) is 21.1. The smallest absolute Gasteiger partial charge is 0.149 e. The molecule has 0 unspecified atom stereocenters. The van der Waals surface area contributed by atoms with Crippen LogP contribution in [0, 0.1) is 0 Å². The largest absolute Gasteiger partial charge is 0.872 e. The van der Waals surface area contributed by atoms with E-state index in [1.54, 1.807) is 0 Å². The molecule has 1 aromatic rings. The van der Waals surface area contributed by atoms with Gasteiger partial charge in [-0.1, -0.05) is 23.9 Å². The van der Waals surface area contributed by atoms with E-state index in [0.717, 1.165) is 6.07 Å². The molecule has 0 atom stereocenters. The first-order valence-corrected chi connectivity index (χ1v) is 2.67. The fourth-order valence-electron chi connectivity index (χ4n) is 0.612. The maximum Gasteiger partial charge on any atom is 0.149 e. The van der Waals surface area contributed by atoms with Crippen molar-refractivity contribution in [3.05, 3.63) is 23.8 Å². The van der Waals surface area contributed by atoms with Crippen LogP contribution in [-0.2, 0) is 0 Å². The highest BCUT2D eigenvalue weighted by molar-refractivity contribution is 5.79. The lowest BCUT2D eigenvalue weighted by Crippen LogP contribution is -1.98. The van der Waals surface area contributed by atoms with Crippen molar-refractivity contribution in [1.29, 1.82) is 0 Å². The van der Waals surface area contributed by atoms with Crippen LogP contribution in [0.5, 0.6) is 11.5 Å². The molecule has 3 nitrogen and oxygen atoms in total. The normalized spacial score (nSPS) is 9.20. The van der Waals surface area contributed by atoms with Crippen molar-refractivity contribution in [2.45, 2.75) is 0 Å². The van der Waals surface area contributed by atoms with Crippen LogP contribution in [0.4, 0.5) is 0 Å². The number of benzene rings is 1. The van der Waals surface area contributed by atoms with Crippen LogP contribution in [0.1, 0.15) is 10.4 Å². The van der Waals surface area contributed by atoms with E-state index in [-0.39, 0.29) is 11.3 Å². The van der Waals surface area contributed by atoms with Crippen molar-refractivity contribution in [1.82, 2.24) is 0 Å². The average Bonchev–Trinajstić information content (AvgIpc) is 1.88. The standard InChI is InChI=1S/C7H6O3/c8-4-5-1-2-6(9)3-7(5)10/h1-4,9-10H/p-2. The van der Waals surface area contributed by atoms with E-state index in [4.69, 9.17) is 0 Å². The van der Waals surface area contributed by atoms with E-state index < -0.39 is 5.75 Å². The molecule has 0 spiro atoms. The van der Waals surface area contributed by atoms with Gasteiger partial charge in [-0.2, -0.15) is 0 Å². The Balaban J connectivity index is 3.19. The number of carbonyl (C=O) groups excluding carboxylic acids is 1. The third-order valence-electron chi connectivity index (χ3n) is 1.11. The predicted molar refractivity (Wildman–Crippen MR) is 30.7 cm³/mol. The van der Waals surface area contributed by atoms with E-state index >= 15 is 0 Å². The minimum Gasteiger partial charge on any atom is -0.872 e. The molecule has 0 heterocycles. The summed E-state index contributed by atoms with van der Waals surface area (Å²) < 4.78 is 0. The lowest BCUT2D eigenvalue weighted by atomic mass is 10.2. The van der Waals surface area contributed by atoms with E-state index in [1.807, 2.05) is 0 Å². The van der Waals surface area contributed by atoms with Gasteiger partial charge in [-0.3, -0.25) is 4.79 Å². The highest BCUT2D eigenvalue weighted by Gasteiger charge is 1.87. The van der Waals surface area contributed by atoms with E-state index in [0.29, 0.717) is 6.29 Å². The van der Waals surface area contributed by atoms with Crippen LogP contribution in [0.15, 0.2) is 18.2 Å². The van der Waals surface area contributed by atoms with Crippen molar-refractivity contribution < 1.29 is 15.0 Å². The molecule has 1 aromatic carbocycles. The number of aldehydes is 1. The molecule has 0 saturated carbocycles. The van der Waals surface area contributed by atoms with Gasteiger partial charge in [0.2, 0.25) is 0 Å². The van der Waals surface area contributed by atoms with Gasteiger partial charge in [-0.15, -0.1) is 5.75 Å². The average molecular weight is 136 g/mol. The first kappa shape index (κ1) is 6.61. The van der Waals surface area contributed by atoms with Gasteiger partial charge in [-0.05, 0) is 0 Å². The third kappa shape index (κ3) is 1.07. The summed E-state index contributed by atoms with van der Waals surface area (Å²) in [6.07, 6.45) is 0.432. The summed E-state index contributed by atoms with van der Waals surface area (Å²) in [4.78, 5) is 10.0. The second kappa shape index (κ2) is 2.39. The zero-order chi connectivity index (χ0) is 7.56. The molecule has 0 aliphatic heterocycles. The summed E-state index contributed by atoms with van der Waals surface area (Å²) >= 11 is 0. The maximum atomic E-state index is 10.6. The molecule has 0 N–H and O–H groups in total. The van der Waals surface area contributed by atoms with E-state index in [9.17, 15) is 15.0 Å². The highest BCUT2D eigenvalue weighted by atomic mass is 16.3. The first-order valence-electron chi connectivity index (χ1n) is 2.67. The molecule has 0 bridgehead atoms. The summed E-state index contributed by atoms with van der Waals surface area (Å²) in [6.45, 7) is 0. The Morgan fingerprint density at radius 3 is 2.50 bits per heavy atom. The van der Waals surface area contributed by atoms with Gasteiger partial charge in [-0.25, -0.2) is 0 Å². The minimum atomic E-state index is -0.512. The van der Waals surface area contributed by atoms with Crippen LogP contribution in [-0.4, -0.2) is 6.29 Å². The summed E-state index contributed by atoms with van der Waals surface area (Å²) in [5.41, 5.74) is 0.0274. The molecule has 0 aliphatic carbocycles. The molecule has 52 valence electrons. The van der Waals surface area contributed by atoms with Gasteiger partial charge in [0.25, 0.3) is 0 Å². The Morgan fingerprint density at radius 2 is 2.00 bits per heavy atom. The SMILES string of the molecule is O=Cc1ccc([O-])cc1[O-]. The first-order chi connectivity index (χ1) is 4.74. The summed E-state index contributed by atoms with van der Waals surface area (Å²) in [7, 11) is 0. The van der Waals surface area contributed by atoms with Crippen molar-refractivity contribution >= 4 is 6.29 Å². The van der Waals surface area contributed by atoms with Crippen molar-refractivity contribution in [2.24, 2.45) is 0 Å². The Morgan fingerprint density at radius 1 is 1.30 bits per heavy atom. The molecule has 1 rings (SSSR count). The van der Waals surface area contributed by atoms with Gasteiger partial charge < -0.3 is 10.2 Å². The number of hydrogen-bond donors (Lipinski definition) is 0. The molecule has 0 aliphatic rings. The number of carbonyl (C=O) groups is 1. The Kier molecular flexibility index (Phi) is 1.58.